The van der Waals surface area contributed by atoms with Gasteiger partial charge in [0.25, 0.3) is 0 Å². The van der Waals surface area contributed by atoms with Crippen molar-refractivity contribution in [3.8, 4) is 0 Å². The average Bonchev–Trinajstić information content (AvgIpc) is 0.918. The van der Waals surface area contributed by atoms with Gasteiger partial charge in [0.1, 0.15) is 5.75 Å². The maximum absolute atomic E-state index is 3.18. The molecule has 1 nitrogen and oxygen atoms in total. The van der Waals surface area contributed by atoms with Crippen molar-refractivity contribution >= 4 is 35.7 Å². The van der Waals surface area contributed by atoms with Crippen molar-refractivity contribution in [2.75, 3.05) is 5.75 Å². The molecule has 5 heavy (non-hydrogen) atoms. The summed E-state index contributed by atoms with van der Waals surface area (Å²) in [5.41, 5.74) is 0. The molecule has 0 aliphatic carbocycles. The fourth-order valence-corrected chi connectivity index (χ4v) is 0. The van der Waals surface area contributed by atoms with Gasteiger partial charge in [0.15, 0.2) is 0 Å². The van der Waals surface area contributed by atoms with Crippen molar-refractivity contribution in [1.29, 1.82) is 0 Å². The smallest absolute Gasteiger partial charge is 0.100 e. The summed E-state index contributed by atoms with van der Waals surface area (Å²) in [4.78, 5) is 0. The highest BCUT2D eigenvalue weighted by Gasteiger charge is 1.45. The molecule has 3 heteroatoms. The van der Waals surface area contributed by atoms with Crippen molar-refractivity contribution in [2.24, 2.45) is 0 Å². The predicted molar refractivity (Wildman–Crippen MR) is 28.4 cm³/mol. The molecule has 0 amide bonds. The van der Waals surface area contributed by atoms with E-state index in [2.05, 4.69) is 12.6 Å². The molecule has 0 spiro atoms. The molecule has 0 heterocycles. The summed E-state index contributed by atoms with van der Waals surface area (Å²) < 4.78 is 0. The standard InChI is InChI=1S/C2H6S.Mg.H2O/c1-2-3;;/h3H,2H2,1H3;;1H2. The predicted octanol–water partition coefficient (Wildman–Crippen LogP) is -0.540. The third-order valence-electron chi connectivity index (χ3n) is 0. The Kier molecular flexibility index (Phi) is 64.7. The Morgan fingerprint density at radius 3 is 1.60 bits per heavy atom. The summed E-state index contributed by atoms with van der Waals surface area (Å²) >= 11 is 3.18. The zero-order valence-electron chi connectivity index (χ0n) is 3.36. The molecule has 30 valence electrons. The zero-order valence-corrected chi connectivity index (χ0v) is 5.78. The van der Waals surface area contributed by atoms with Crippen LogP contribution >= 0.6 is 0 Å². The minimum Gasteiger partial charge on any atom is -0.870 e. The van der Waals surface area contributed by atoms with E-state index in [-0.39, 0.29) is 28.5 Å². The molecule has 0 unspecified atom stereocenters. The van der Waals surface area contributed by atoms with Crippen LogP contribution in [0, 0.1) is 0 Å². The van der Waals surface area contributed by atoms with Crippen LogP contribution in [-0.2, 0) is 12.6 Å². The molecule has 0 atom stereocenters. The van der Waals surface area contributed by atoms with Gasteiger partial charge in [-0.3, -0.25) is 0 Å². The molecule has 1 N–H and O–H groups in total. The molecule has 0 saturated heterocycles. The van der Waals surface area contributed by atoms with E-state index in [1.54, 1.807) is 0 Å². The molecule has 0 bridgehead atoms. The summed E-state index contributed by atoms with van der Waals surface area (Å²) in [6.07, 6.45) is 0. The van der Waals surface area contributed by atoms with Crippen molar-refractivity contribution < 1.29 is 5.48 Å². The first-order valence-corrected chi connectivity index (χ1v) is 1.77. The van der Waals surface area contributed by atoms with Gasteiger partial charge < -0.3 is 5.48 Å². The van der Waals surface area contributed by atoms with Crippen molar-refractivity contribution in [3.63, 3.8) is 0 Å². The average molecular weight is 104 g/mol. The second-order valence-corrected chi connectivity index (χ2v) is 1.06. The van der Waals surface area contributed by atoms with Crippen LogP contribution in [0.5, 0.6) is 0 Å². The number of hydrogen-bond donors (Lipinski definition) is 0. The van der Waals surface area contributed by atoms with Gasteiger partial charge in [0.2, 0.25) is 0 Å². The van der Waals surface area contributed by atoms with Crippen LogP contribution in [0.2, 0.25) is 0 Å². The first-order chi connectivity index (χ1) is 1.41. The van der Waals surface area contributed by atoms with E-state index in [1.807, 2.05) is 6.92 Å². The lowest BCUT2D eigenvalue weighted by Gasteiger charge is -1.38. The molecule has 0 aliphatic heterocycles. The first kappa shape index (κ1) is 16.5. The fraction of sp³-hybridized carbons (Fsp3) is 1.00. The SMILES string of the molecule is CC[SH2+].[Mg].[OH-]. The van der Waals surface area contributed by atoms with E-state index < -0.39 is 0 Å². The van der Waals surface area contributed by atoms with Crippen LogP contribution in [-0.4, -0.2) is 34.3 Å². The van der Waals surface area contributed by atoms with Gasteiger partial charge in [0.05, 0.1) is 0 Å². The van der Waals surface area contributed by atoms with Crippen LogP contribution in [0.1, 0.15) is 6.92 Å². The minimum atomic E-state index is 0. The number of hydrogen-bond acceptors (Lipinski definition) is 1. The van der Waals surface area contributed by atoms with E-state index >= 15 is 0 Å². The molecule has 0 rings (SSSR count). The van der Waals surface area contributed by atoms with E-state index in [9.17, 15) is 0 Å². The van der Waals surface area contributed by atoms with Gasteiger partial charge >= 0.3 is 0 Å². The normalized spacial score (nSPS) is 3.60. The quantitative estimate of drug-likeness (QED) is 0.300. The molecular formula is C2H8MgOS. The molecule has 0 aromatic carbocycles. The van der Waals surface area contributed by atoms with E-state index in [0.29, 0.717) is 0 Å². The van der Waals surface area contributed by atoms with Gasteiger partial charge in [-0.1, -0.05) is 0 Å². The lowest BCUT2D eigenvalue weighted by atomic mass is 11.0. The summed E-state index contributed by atoms with van der Waals surface area (Å²) in [5, 5.41) is 0. The minimum absolute atomic E-state index is 0. The highest BCUT2D eigenvalue weighted by molar-refractivity contribution is 7.58. The van der Waals surface area contributed by atoms with Crippen LogP contribution in [0.25, 0.3) is 0 Å². The van der Waals surface area contributed by atoms with Gasteiger partial charge in [-0.15, -0.1) is 0 Å². The zero-order chi connectivity index (χ0) is 2.71. The number of rotatable bonds is 0. The topological polar surface area (TPSA) is 30.0 Å². The Morgan fingerprint density at radius 1 is 1.60 bits per heavy atom. The van der Waals surface area contributed by atoms with Gasteiger partial charge in [-0.25, -0.2) is 0 Å². The molecular weight excluding hydrogens is 96.4 g/mol. The van der Waals surface area contributed by atoms with Crippen molar-refractivity contribution in [3.05, 3.63) is 0 Å². The molecule has 0 aliphatic rings. The lowest BCUT2D eigenvalue weighted by Crippen LogP contribution is -1.49. The van der Waals surface area contributed by atoms with Crippen LogP contribution < -0.4 is 0 Å². The molecule has 0 saturated carbocycles. The Hall–Kier alpha value is 1.08. The Labute approximate surface area is 54.0 Å². The van der Waals surface area contributed by atoms with Crippen LogP contribution in [0.4, 0.5) is 0 Å². The second kappa shape index (κ2) is 19.6. The van der Waals surface area contributed by atoms with Gasteiger partial charge in [-0.2, -0.15) is 0 Å². The first-order valence-electron chi connectivity index (χ1n) is 1.06. The van der Waals surface area contributed by atoms with Crippen molar-refractivity contribution in [1.82, 2.24) is 0 Å². The third-order valence-corrected chi connectivity index (χ3v) is 0. The van der Waals surface area contributed by atoms with Crippen LogP contribution in [0.15, 0.2) is 0 Å². The summed E-state index contributed by atoms with van der Waals surface area (Å²) in [6, 6.07) is 0. The van der Waals surface area contributed by atoms with E-state index in [1.165, 1.54) is 0 Å². The Balaban J connectivity index is -0.0000000200. The second-order valence-electron chi connectivity index (χ2n) is 0.354. The van der Waals surface area contributed by atoms with Crippen molar-refractivity contribution in [2.45, 2.75) is 6.92 Å². The lowest BCUT2D eigenvalue weighted by molar-refractivity contribution is 0.824. The Morgan fingerprint density at radius 2 is 1.60 bits per heavy atom. The molecule has 0 aromatic heterocycles. The van der Waals surface area contributed by atoms with Gasteiger partial charge in [-0.05, 0) is 19.6 Å². The Bertz CT molecular complexity index is 9.61. The third kappa shape index (κ3) is 41.5. The summed E-state index contributed by atoms with van der Waals surface area (Å²) in [7, 11) is 0. The maximum atomic E-state index is 3.18. The summed E-state index contributed by atoms with van der Waals surface area (Å²) in [5.74, 6) is 1.06. The highest BCUT2D eigenvalue weighted by atomic mass is 32.1. The molecule has 0 aromatic rings. The molecule has 2 radical (unpaired) electrons. The highest BCUT2D eigenvalue weighted by Crippen LogP contribution is 1.36. The maximum Gasteiger partial charge on any atom is 0.100 e. The molecule has 0 fully saturated rings. The van der Waals surface area contributed by atoms with E-state index in [4.69, 9.17) is 0 Å². The van der Waals surface area contributed by atoms with Crippen LogP contribution in [0.3, 0.4) is 0 Å². The largest absolute Gasteiger partial charge is 0.870 e. The van der Waals surface area contributed by atoms with Gasteiger partial charge in [0, 0.05) is 23.1 Å². The fourth-order valence-electron chi connectivity index (χ4n) is 0. The monoisotopic (exact) mass is 104 g/mol. The summed E-state index contributed by atoms with van der Waals surface area (Å²) in [6.45, 7) is 2.04. The van der Waals surface area contributed by atoms with E-state index in [0.717, 1.165) is 5.75 Å².